The fourth-order valence-electron chi connectivity index (χ4n) is 3.57. The molecule has 0 spiro atoms. The normalized spacial score (nSPS) is 32.9. The molecule has 1 fully saturated rings. The molecule has 0 unspecified atom stereocenters. The lowest BCUT2D eigenvalue weighted by molar-refractivity contribution is -0.253. The predicted molar refractivity (Wildman–Crippen MR) is 99.5 cm³/mol. The second-order valence-corrected chi connectivity index (χ2v) is 6.76. The van der Waals surface area contributed by atoms with Crippen LogP contribution in [0.15, 0.2) is 42.5 Å². The number of esters is 2. The van der Waals surface area contributed by atoms with Crippen LogP contribution in [0.3, 0.4) is 0 Å². The molecule has 0 amide bonds. The Balaban J connectivity index is 1.91. The van der Waals surface area contributed by atoms with Gasteiger partial charge in [-0.1, -0.05) is 42.5 Å². The van der Waals surface area contributed by atoms with Gasteiger partial charge in [-0.05, 0) is 12.0 Å². The van der Waals surface area contributed by atoms with Crippen molar-refractivity contribution in [3.8, 4) is 0 Å². The molecule has 28 heavy (non-hydrogen) atoms. The first-order valence-corrected chi connectivity index (χ1v) is 9.40. The van der Waals surface area contributed by atoms with E-state index in [0.717, 1.165) is 5.56 Å². The molecule has 7 heteroatoms. The van der Waals surface area contributed by atoms with Crippen LogP contribution in [0.4, 0.5) is 0 Å². The molecule has 0 aliphatic carbocycles. The van der Waals surface area contributed by atoms with Crippen LogP contribution in [0.5, 0.6) is 0 Å². The summed E-state index contributed by atoms with van der Waals surface area (Å²) in [6, 6.07) is 9.60. The van der Waals surface area contributed by atoms with Crippen LogP contribution in [0.1, 0.15) is 30.9 Å². The maximum Gasteiger partial charge on any atom is 0.310 e. The molecule has 2 aliphatic rings. The summed E-state index contributed by atoms with van der Waals surface area (Å²) in [7, 11) is 3.10. The zero-order valence-electron chi connectivity index (χ0n) is 16.1. The fourth-order valence-corrected chi connectivity index (χ4v) is 3.57. The number of rotatable bonds is 3. The Hall–Kier alpha value is -2.22. The average Bonchev–Trinajstić information content (AvgIpc) is 2.71. The van der Waals surface area contributed by atoms with Gasteiger partial charge in [0, 0.05) is 20.6 Å². The van der Waals surface area contributed by atoms with Crippen LogP contribution in [0.2, 0.25) is 0 Å². The Bertz CT molecular complexity index is 687. The summed E-state index contributed by atoms with van der Waals surface area (Å²) >= 11 is 0. The molecule has 2 heterocycles. The van der Waals surface area contributed by atoms with Gasteiger partial charge in [0.2, 0.25) is 0 Å². The van der Waals surface area contributed by atoms with Crippen LogP contribution in [-0.2, 0) is 33.3 Å². The minimum atomic E-state index is -0.761. The van der Waals surface area contributed by atoms with Crippen molar-refractivity contribution in [1.29, 1.82) is 0 Å². The van der Waals surface area contributed by atoms with Gasteiger partial charge < -0.3 is 23.7 Å². The first kappa shape index (κ1) is 20.5. The zero-order chi connectivity index (χ0) is 19.9. The molecule has 152 valence electrons. The number of methoxy groups -OCH3 is 2. The molecule has 5 atom stereocenters. The number of ether oxygens (including phenoxy) is 5. The maximum absolute atomic E-state index is 12.3. The third kappa shape index (κ3) is 4.79. The van der Waals surface area contributed by atoms with Gasteiger partial charge >= 0.3 is 11.9 Å². The zero-order valence-corrected chi connectivity index (χ0v) is 16.1. The van der Waals surface area contributed by atoms with E-state index < -0.39 is 36.5 Å². The molecule has 0 N–H and O–H groups in total. The van der Waals surface area contributed by atoms with Gasteiger partial charge in [0.25, 0.3) is 0 Å². The lowest BCUT2D eigenvalue weighted by Crippen LogP contribution is -2.58. The van der Waals surface area contributed by atoms with Crippen molar-refractivity contribution < 1.29 is 33.3 Å². The topological polar surface area (TPSA) is 80.3 Å². The number of benzene rings is 1. The van der Waals surface area contributed by atoms with E-state index >= 15 is 0 Å². The summed E-state index contributed by atoms with van der Waals surface area (Å²) in [6.07, 6.45) is 1.38. The number of carbonyl (C=O) groups is 2. The van der Waals surface area contributed by atoms with Gasteiger partial charge in [-0.2, -0.15) is 0 Å². The third-order valence-electron chi connectivity index (χ3n) is 4.95. The average molecular weight is 390 g/mol. The van der Waals surface area contributed by atoms with Crippen LogP contribution < -0.4 is 0 Å². The molecule has 1 aromatic rings. The minimum absolute atomic E-state index is 0.0277. The van der Waals surface area contributed by atoms with E-state index in [9.17, 15) is 9.59 Å². The van der Waals surface area contributed by atoms with Crippen LogP contribution in [-0.4, -0.2) is 57.2 Å². The fraction of sp³-hybridized carbons (Fsp3) is 0.524. The number of hydrogen-bond acceptors (Lipinski definition) is 7. The smallest absolute Gasteiger partial charge is 0.310 e. The molecule has 2 aliphatic heterocycles. The van der Waals surface area contributed by atoms with Gasteiger partial charge in [0.15, 0.2) is 6.10 Å². The molecule has 1 saturated heterocycles. The van der Waals surface area contributed by atoms with Crippen LogP contribution in [0.25, 0.3) is 0 Å². The lowest BCUT2D eigenvalue weighted by atomic mass is 9.90. The number of hydrogen-bond donors (Lipinski definition) is 0. The van der Waals surface area contributed by atoms with E-state index in [2.05, 4.69) is 0 Å². The van der Waals surface area contributed by atoms with Gasteiger partial charge in [-0.25, -0.2) is 0 Å². The van der Waals surface area contributed by atoms with E-state index in [4.69, 9.17) is 23.7 Å². The Morgan fingerprint density at radius 3 is 2.43 bits per heavy atom. The molecule has 1 aromatic carbocycles. The molecular weight excluding hydrogens is 364 g/mol. The SMILES string of the molecule is CO[C@@H]1[C@@H](OC)[C@H](c2ccccc2)O[C@@H]2COC(=O)CC/C=C\CC(=O)O[C@@H]12. The van der Waals surface area contributed by atoms with Crippen molar-refractivity contribution in [2.45, 2.75) is 49.8 Å². The summed E-state index contributed by atoms with van der Waals surface area (Å²) < 4.78 is 28.6. The Kier molecular flexibility index (Phi) is 7.19. The molecule has 7 nitrogen and oxygen atoms in total. The van der Waals surface area contributed by atoms with Crippen LogP contribution >= 0.6 is 0 Å². The van der Waals surface area contributed by atoms with Gasteiger partial charge in [0.1, 0.15) is 31.0 Å². The van der Waals surface area contributed by atoms with E-state index in [1.54, 1.807) is 19.3 Å². The largest absolute Gasteiger partial charge is 0.463 e. The number of allylic oxidation sites excluding steroid dienone is 1. The number of cyclic esters (lactones) is 1. The second-order valence-electron chi connectivity index (χ2n) is 6.76. The standard InChI is InChI=1S/C21H26O7/c1-24-20-18(14-9-5-3-6-10-14)27-15-13-26-16(22)11-7-4-8-12-17(23)28-19(15)21(20)25-2/h3-6,8-10,15,18-21H,7,11-13H2,1-2H3/b8-4-/t15-,18+,19-,20+,21+/m1/s1. The molecule has 0 aromatic heterocycles. The summed E-state index contributed by atoms with van der Waals surface area (Å²) in [5, 5.41) is 0. The Labute approximate surface area is 164 Å². The van der Waals surface area contributed by atoms with Crippen molar-refractivity contribution >= 4 is 11.9 Å². The van der Waals surface area contributed by atoms with Gasteiger partial charge in [0.05, 0.1) is 6.42 Å². The predicted octanol–water partition coefficient (Wildman–Crippen LogP) is 2.35. The van der Waals surface area contributed by atoms with Crippen molar-refractivity contribution in [2.75, 3.05) is 20.8 Å². The highest BCUT2D eigenvalue weighted by Gasteiger charge is 2.49. The quantitative estimate of drug-likeness (QED) is 0.579. The summed E-state index contributed by atoms with van der Waals surface area (Å²) in [4.78, 5) is 24.3. The maximum atomic E-state index is 12.3. The Morgan fingerprint density at radius 1 is 0.964 bits per heavy atom. The minimum Gasteiger partial charge on any atom is -0.463 e. The highest BCUT2D eigenvalue weighted by Crippen LogP contribution is 2.36. The molecule has 3 rings (SSSR count). The van der Waals surface area contributed by atoms with E-state index in [1.807, 2.05) is 30.3 Å². The highest BCUT2D eigenvalue weighted by atomic mass is 16.6. The number of carbonyl (C=O) groups excluding carboxylic acids is 2. The summed E-state index contributed by atoms with van der Waals surface area (Å²) in [5.41, 5.74) is 0.904. The first-order valence-electron chi connectivity index (χ1n) is 9.40. The summed E-state index contributed by atoms with van der Waals surface area (Å²) in [6.45, 7) is -0.0277. The third-order valence-corrected chi connectivity index (χ3v) is 4.95. The van der Waals surface area contributed by atoms with Gasteiger partial charge in [-0.15, -0.1) is 0 Å². The highest BCUT2D eigenvalue weighted by molar-refractivity contribution is 5.72. The van der Waals surface area contributed by atoms with Gasteiger partial charge in [-0.3, -0.25) is 9.59 Å². The molecule has 0 bridgehead atoms. The molecule has 0 saturated carbocycles. The van der Waals surface area contributed by atoms with Crippen LogP contribution in [0, 0.1) is 0 Å². The Morgan fingerprint density at radius 2 is 1.71 bits per heavy atom. The van der Waals surface area contributed by atoms with Crippen molar-refractivity contribution in [1.82, 2.24) is 0 Å². The lowest BCUT2D eigenvalue weighted by Gasteiger charge is -2.45. The molecular formula is C21H26O7. The van der Waals surface area contributed by atoms with Crippen molar-refractivity contribution in [2.24, 2.45) is 0 Å². The summed E-state index contributed by atoms with van der Waals surface area (Å²) in [5.74, 6) is -0.713. The van der Waals surface area contributed by atoms with Crippen molar-refractivity contribution in [3.05, 3.63) is 48.0 Å². The van der Waals surface area contributed by atoms with Crippen molar-refractivity contribution in [3.63, 3.8) is 0 Å². The monoisotopic (exact) mass is 390 g/mol. The van der Waals surface area contributed by atoms with E-state index in [-0.39, 0.29) is 25.4 Å². The number of fused-ring (bicyclic) bond motifs is 1. The van der Waals surface area contributed by atoms with E-state index in [1.165, 1.54) is 7.11 Å². The molecule has 0 radical (unpaired) electrons. The first-order chi connectivity index (χ1) is 13.6. The second kappa shape index (κ2) is 9.82. The van der Waals surface area contributed by atoms with E-state index in [0.29, 0.717) is 6.42 Å².